The Hall–Kier alpha value is -1.96. The van der Waals surface area contributed by atoms with Crippen molar-refractivity contribution in [3.05, 3.63) is 18.2 Å². The number of carbonyl (C=O) groups is 1. The highest BCUT2D eigenvalue weighted by Crippen LogP contribution is 2.36. The highest BCUT2D eigenvalue weighted by molar-refractivity contribution is 7.92. The highest BCUT2D eigenvalue weighted by Gasteiger charge is 2.23. The lowest BCUT2D eigenvalue weighted by Gasteiger charge is -2.31. The zero-order valence-electron chi connectivity index (χ0n) is 15.3. The number of sulfonamides is 1. The Morgan fingerprint density at radius 2 is 2.08 bits per heavy atom. The Kier molecular flexibility index (Phi) is 5.60. The Labute approximate surface area is 154 Å². The third-order valence-corrected chi connectivity index (χ3v) is 6.00. The van der Waals surface area contributed by atoms with E-state index in [9.17, 15) is 13.2 Å². The standard InChI is InChI=1S/C18H26N2O5S/c1-14-5-3-9-19(12-14)18(21)6-4-10-20(26(2,22)23)15-7-8-16-17(11-15)25-13-24-16/h7-8,11,14H,3-6,9-10,12-13H2,1-2H3/t14-/m0/s1. The van der Waals surface area contributed by atoms with Gasteiger partial charge in [-0.25, -0.2) is 8.42 Å². The van der Waals surface area contributed by atoms with Gasteiger partial charge in [-0.2, -0.15) is 0 Å². The molecule has 0 N–H and O–H groups in total. The van der Waals surface area contributed by atoms with Gasteiger partial charge in [-0.15, -0.1) is 0 Å². The number of fused-ring (bicyclic) bond motifs is 1. The van der Waals surface area contributed by atoms with Crippen molar-refractivity contribution in [2.24, 2.45) is 5.92 Å². The van der Waals surface area contributed by atoms with Crippen LogP contribution in [0.1, 0.15) is 32.6 Å². The first kappa shape index (κ1) is 18.8. The summed E-state index contributed by atoms with van der Waals surface area (Å²) in [6, 6.07) is 5.07. The van der Waals surface area contributed by atoms with Gasteiger partial charge in [-0.1, -0.05) is 6.92 Å². The first-order chi connectivity index (χ1) is 12.3. The molecule has 1 amide bonds. The minimum atomic E-state index is -3.45. The Bertz CT molecular complexity index is 765. The summed E-state index contributed by atoms with van der Waals surface area (Å²) in [5.41, 5.74) is 0.524. The molecule has 2 aliphatic heterocycles. The third kappa shape index (κ3) is 4.41. The van der Waals surface area contributed by atoms with E-state index in [1.807, 2.05) is 4.90 Å². The van der Waals surface area contributed by atoms with Crippen molar-refractivity contribution < 1.29 is 22.7 Å². The monoisotopic (exact) mass is 382 g/mol. The van der Waals surface area contributed by atoms with Crippen LogP contribution in [0, 0.1) is 5.92 Å². The molecular formula is C18H26N2O5S. The predicted octanol–water partition coefficient (Wildman–Crippen LogP) is 2.22. The molecule has 2 heterocycles. The molecule has 0 aromatic heterocycles. The van der Waals surface area contributed by atoms with Gasteiger partial charge in [-0.3, -0.25) is 9.10 Å². The second kappa shape index (κ2) is 7.73. The van der Waals surface area contributed by atoms with E-state index in [0.29, 0.717) is 35.9 Å². The van der Waals surface area contributed by atoms with Crippen molar-refractivity contribution in [3.63, 3.8) is 0 Å². The van der Waals surface area contributed by atoms with Gasteiger partial charge in [0.15, 0.2) is 11.5 Å². The molecule has 7 nitrogen and oxygen atoms in total. The number of amides is 1. The van der Waals surface area contributed by atoms with Gasteiger partial charge < -0.3 is 14.4 Å². The van der Waals surface area contributed by atoms with Gasteiger partial charge in [0.25, 0.3) is 0 Å². The zero-order valence-corrected chi connectivity index (χ0v) is 16.1. The van der Waals surface area contributed by atoms with Gasteiger partial charge >= 0.3 is 0 Å². The van der Waals surface area contributed by atoms with Crippen LogP contribution in [0.5, 0.6) is 11.5 Å². The number of benzene rings is 1. The average Bonchev–Trinajstić information content (AvgIpc) is 3.05. The van der Waals surface area contributed by atoms with E-state index in [2.05, 4.69) is 6.92 Å². The SMILES string of the molecule is C[C@H]1CCCN(C(=O)CCCN(c2ccc3c(c2)OCO3)S(C)(=O)=O)C1. The molecule has 144 valence electrons. The number of piperidine rings is 1. The van der Waals surface area contributed by atoms with Crippen LogP contribution in [0.2, 0.25) is 0 Å². The Balaban J connectivity index is 1.62. The van der Waals surface area contributed by atoms with E-state index < -0.39 is 10.0 Å². The minimum absolute atomic E-state index is 0.107. The molecule has 1 aromatic rings. The maximum Gasteiger partial charge on any atom is 0.232 e. The molecule has 0 unspecified atom stereocenters. The number of nitrogens with zero attached hydrogens (tertiary/aromatic N) is 2. The molecular weight excluding hydrogens is 356 g/mol. The lowest BCUT2D eigenvalue weighted by atomic mass is 10.00. The van der Waals surface area contributed by atoms with Crippen LogP contribution < -0.4 is 13.8 Å². The summed E-state index contributed by atoms with van der Waals surface area (Å²) < 4.78 is 36.3. The number of likely N-dealkylation sites (tertiary alicyclic amines) is 1. The second-order valence-electron chi connectivity index (χ2n) is 7.06. The van der Waals surface area contributed by atoms with Crippen molar-refractivity contribution in [1.29, 1.82) is 0 Å². The topological polar surface area (TPSA) is 76.2 Å². The van der Waals surface area contributed by atoms with Crippen LogP contribution in [0.3, 0.4) is 0 Å². The fraction of sp³-hybridized carbons (Fsp3) is 0.611. The summed E-state index contributed by atoms with van der Waals surface area (Å²) in [6.45, 7) is 4.16. The van der Waals surface area contributed by atoms with Crippen LogP contribution in [-0.2, 0) is 14.8 Å². The summed E-state index contributed by atoms with van der Waals surface area (Å²) in [5, 5.41) is 0. The van der Waals surface area contributed by atoms with Crippen molar-refractivity contribution in [2.75, 3.05) is 37.0 Å². The van der Waals surface area contributed by atoms with E-state index in [4.69, 9.17) is 9.47 Å². The van der Waals surface area contributed by atoms with Crippen molar-refractivity contribution >= 4 is 21.6 Å². The first-order valence-corrected chi connectivity index (χ1v) is 10.8. The van der Waals surface area contributed by atoms with E-state index in [-0.39, 0.29) is 19.2 Å². The number of carbonyl (C=O) groups excluding carboxylic acids is 1. The van der Waals surface area contributed by atoms with E-state index in [1.165, 1.54) is 10.6 Å². The summed E-state index contributed by atoms with van der Waals surface area (Å²) in [5.74, 6) is 1.79. The largest absolute Gasteiger partial charge is 0.454 e. The second-order valence-corrected chi connectivity index (χ2v) is 8.97. The lowest BCUT2D eigenvalue weighted by Crippen LogP contribution is -2.39. The van der Waals surface area contributed by atoms with Gasteiger partial charge in [0.1, 0.15) is 0 Å². The maximum atomic E-state index is 12.4. The summed E-state index contributed by atoms with van der Waals surface area (Å²) in [7, 11) is -3.45. The zero-order chi connectivity index (χ0) is 18.7. The molecule has 1 fully saturated rings. The lowest BCUT2D eigenvalue weighted by molar-refractivity contribution is -0.132. The highest BCUT2D eigenvalue weighted by atomic mass is 32.2. The summed E-state index contributed by atoms with van der Waals surface area (Å²) >= 11 is 0. The van der Waals surface area contributed by atoms with Crippen LogP contribution in [0.15, 0.2) is 18.2 Å². The van der Waals surface area contributed by atoms with Crippen LogP contribution in [0.4, 0.5) is 5.69 Å². The molecule has 1 aromatic carbocycles. The van der Waals surface area contributed by atoms with Crippen molar-refractivity contribution in [3.8, 4) is 11.5 Å². The molecule has 0 bridgehead atoms. The molecule has 0 aliphatic carbocycles. The average molecular weight is 382 g/mol. The molecule has 26 heavy (non-hydrogen) atoms. The number of rotatable bonds is 6. The van der Waals surface area contributed by atoms with Crippen LogP contribution in [0.25, 0.3) is 0 Å². The number of anilines is 1. The van der Waals surface area contributed by atoms with Crippen LogP contribution in [-0.4, -0.2) is 51.9 Å². The van der Waals surface area contributed by atoms with E-state index >= 15 is 0 Å². The Morgan fingerprint density at radius 3 is 2.81 bits per heavy atom. The smallest absolute Gasteiger partial charge is 0.232 e. The Morgan fingerprint density at radius 1 is 1.31 bits per heavy atom. The predicted molar refractivity (Wildman–Crippen MR) is 99.0 cm³/mol. The van der Waals surface area contributed by atoms with Gasteiger partial charge in [-0.05, 0) is 37.3 Å². The van der Waals surface area contributed by atoms with Crippen molar-refractivity contribution in [2.45, 2.75) is 32.6 Å². The molecule has 0 radical (unpaired) electrons. The normalized spacial score (nSPS) is 19.5. The first-order valence-electron chi connectivity index (χ1n) is 9.00. The number of ether oxygens (including phenoxy) is 2. The van der Waals surface area contributed by atoms with E-state index in [0.717, 1.165) is 25.9 Å². The maximum absolute atomic E-state index is 12.4. The number of hydrogen-bond acceptors (Lipinski definition) is 5. The molecule has 0 saturated carbocycles. The van der Waals surface area contributed by atoms with Crippen LogP contribution >= 0.6 is 0 Å². The quantitative estimate of drug-likeness (QED) is 0.754. The molecule has 1 saturated heterocycles. The number of hydrogen-bond donors (Lipinski definition) is 0. The fourth-order valence-electron chi connectivity index (χ4n) is 3.47. The summed E-state index contributed by atoms with van der Waals surface area (Å²) in [6.07, 6.45) is 4.20. The molecule has 2 aliphatic rings. The molecule has 3 rings (SSSR count). The third-order valence-electron chi connectivity index (χ3n) is 4.81. The van der Waals surface area contributed by atoms with Gasteiger partial charge in [0.05, 0.1) is 11.9 Å². The summed E-state index contributed by atoms with van der Waals surface area (Å²) in [4.78, 5) is 14.3. The molecule has 1 atom stereocenters. The van der Waals surface area contributed by atoms with E-state index in [1.54, 1.807) is 18.2 Å². The van der Waals surface area contributed by atoms with Gasteiger partial charge in [0, 0.05) is 32.1 Å². The molecule has 8 heteroatoms. The van der Waals surface area contributed by atoms with Gasteiger partial charge in [0.2, 0.25) is 22.7 Å². The minimum Gasteiger partial charge on any atom is -0.454 e. The fourth-order valence-corrected chi connectivity index (χ4v) is 4.43. The molecule has 0 spiro atoms. The van der Waals surface area contributed by atoms with Crippen molar-refractivity contribution in [1.82, 2.24) is 4.90 Å².